The van der Waals surface area contributed by atoms with E-state index in [1.807, 2.05) is 13.0 Å². The van der Waals surface area contributed by atoms with Crippen LogP contribution in [0.15, 0.2) is 36.8 Å². The van der Waals surface area contributed by atoms with Gasteiger partial charge in [0.05, 0.1) is 23.9 Å². The number of hydrogen-bond donors (Lipinski definition) is 4. The predicted octanol–water partition coefficient (Wildman–Crippen LogP) is 0.0339. The first-order valence-corrected chi connectivity index (χ1v) is 8.13. The van der Waals surface area contributed by atoms with E-state index in [1.165, 1.54) is 12.5 Å². The molecule has 0 saturated heterocycles. The van der Waals surface area contributed by atoms with Crippen molar-refractivity contribution in [3.8, 4) is 0 Å². The fourth-order valence-corrected chi connectivity index (χ4v) is 2.35. The van der Waals surface area contributed by atoms with Gasteiger partial charge in [-0.2, -0.15) is 0 Å². The van der Waals surface area contributed by atoms with Crippen molar-refractivity contribution in [1.29, 1.82) is 0 Å². The maximum atomic E-state index is 12.2. The largest absolute Gasteiger partial charge is 0.394 e. The van der Waals surface area contributed by atoms with Crippen LogP contribution in [0.25, 0.3) is 0 Å². The molecule has 4 N–H and O–H groups in total. The van der Waals surface area contributed by atoms with Crippen LogP contribution in [0.4, 0.5) is 0 Å². The second-order valence-corrected chi connectivity index (χ2v) is 5.94. The average molecular weight is 358 g/mol. The number of aliphatic hydroxyl groups excluding tert-OH is 2. The maximum absolute atomic E-state index is 12.2. The van der Waals surface area contributed by atoms with Gasteiger partial charge in [0.25, 0.3) is 11.8 Å². The van der Waals surface area contributed by atoms with Crippen molar-refractivity contribution in [3.63, 3.8) is 0 Å². The fourth-order valence-electron chi connectivity index (χ4n) is 2.35. The Balaban J connectivity index is 1.92. The SMILES string of the molecule is Cc1cccc(C(O)C(=O)NCC(CO)NC(=O)c2cncnc2C)c1. The van der Waals surface area contributed by atoms with Crippen molar-refractivity contribution in [2.75, 3.05) is 13.2 Å². The van der Waals surface area contributed by atoms with Crippen LogP contribution < -0.4 is 10.6 Å². The van der Waals surface area contributed by atoms with E-state index in [0.717, 1.165) is 5.56 Å². The van der Waals surface area contributed by atoms with E-state index in [0.29, 0.717) is 11.3 Å². The number of amides is 2. The molecule has 0 aliphatic heterocycles. The van der Waals surface area contributed by atoms with E-state index >= 15 is 0 Å². The zero-order valence-electron chi connectivity index (χ0n) is 14.6. The number of aromatic nitrogens is 2. The van der Waals surface area contributed by atoms with Gasteiger partial charge in [0.2, 0.25) is 0 Å². The summed E-state index contributed by atoms with van der Waals surface area (Å²) >= 11 is 0. The first kappa shape index (κ1) is 19.5. The molecule has 1 aromatic carbocycles. The Labute approximate surface area is 151 Å². The highest BCUT2D eigenvalue weighted by atomic mass is 16.3. The van der Waals surface area contributed by atoms with Crippen molar-refractivity contribution in [2.45, 2.75) is 26.0 Å². The molecule has 1 aromatic heterocycles. The van der Waals surface area contributed by atoms with E-state index in [4.69, 9.17) is 0 Å². The summed E-state index contributed by atoms with van der Waals surface area (Å²) in [7, 11) is 0. The van der Waals surface area contributed by atoms with Crippen LogP contribution in [0, 0.1) is 13.8 Å². The highest BCUT2D eigenvalue weighted by Gasteiger charge is 2.20. The number of carbonyl (C=O) groups is 2. The molecule has 0 bridgehead atoms. The Hall–Kier alpha value is -2.84. The van der Waals surface area contributed by atoms with Crippen LogP contribution in [0.3, 0.4) is 0 Å². The fraction of sp³-hybridized carbons (Fsp3) is 0.333. The lowest BCUT2D eigenvalue weighted by Gasteiger charge is -2.19. The minimum atomic E-state index is -1.32. The van der Waals surface area contributed by atoms with Gasteiger partial charge in [0, 0.05) is 12.7 Å². The first-order chi connectivity index (χ1) is 12.4. The Kier molecular flexibility index (Phi) is 6.76. The van der Waals surface area contributed by atoms with Crippen molar-refractivity contribution < 1.29 is 19.8 Å². The van der Waals surface area contributed by atoms with Crippen LogP contribution in [-0.4, -0.2) is 51.2 Å². The lowest BCUT2D eigenvalue weighted by atomic mass is 10.1. The Bertz CT molecular complexity index is 781. The summed E-state index contributed by atoms with van der Waals surface area (Å²) in [5.41, 5.74) is 2.20. The Morgan fingerprint density at radius 2 is 2.04 bits per heavy atom. The standard InChI is InChI=1S/C18H22N4O4/c1-11-4-3-5-13(6-11)16(24)18(26)20-7-14(9-23)22-17(25)15-8-19-10-21-12(15)2/h3-6,8,10,14,16,23-24H,7,9H2,1-2H3,(H,20,26)(H,22,25). The molecule has 0 aliphatic rings. The number of benzene rings is 1. The molecule has 2 atom stereocenters. The highest BCUT2D eigenvalue weighted by molar-refractivity contribution is 5.95. The van der Waals surface area contributed by atoms with E-state index in [-0.39, 0.29) is 18.7 Å². The maximum Gasteiger partial charge on any atom is 0.255 e. The smallest absolute Gasteiger partial charge is 0.255 e. The minimum absolute atomic E-state index is 0.0311. The van der Waals surface area contributed by atoms with E-state index in [9.17, 15) is 19.8 Å². The summed E-state index contributed by atoms with van der Waals surface area (Å²) in [6.45, 7) is 3.13. The molecule has 2 aromatic rings. The molecule has 2 unspecified atom stereocenters. The van der Waals surface area contributed by atoms with Gasteiger partial charge >= 0.3 is 0 Å². The number of nitrogens with one attached hydrogen (secondary N) is 2. The molecule has 2 amide bonds. The summed E-state index contributed by atoms with van der Waals surface area (Å²) in [6.07, 6.45) is 1.39. The van der Waals surface area contributed by atoms with Crippen LogP contribution >= 0.6 is 0 Å². The molecule has 138 valence electrons. The molecule has 0 aliphatic carbocycles. The molecule has 0 saturated carbocycles. The topological polar surface area (TPSA) is 124 Å². The van der Waals surface area contributed by atoms with Crippen molar-refractivity contribution >= 4 is 11.8 Å². The number of carbonyl (C=O) groups excluding carboxylic acids is 2. The van der Waals surface area contributed by atoms with Gasteiger partial charge in [-0.25, -0.2) is 9.97 Å². The molecule has 8 heteroatoms. The van der Waals surface area contributed by atoms with E-state index < -0.39 is 24.0 Å². The molecular weight excluding hydrogens is 336 g/mol. The third kappa shape index (κ3) is 5.08. The van der Waals surface area contributed by atoms with Crippen molar-refractivity contribution in [3.05, 3.63) is 59.2 Å². The molecule has 0 fully saturated rings. The Morgan fingerprint density at radius 1 is 1.27 bits per heavy atom. The normalized spacial score (nSPS) is 12.9. The second-order valence-electron chi connectivity index (χ2n) is 5.94. The van der Waals surface area contributed by atoms with Crippen LogP contribution in [0.2, 0.25) is 0 Å². The lowest BCUT2D eigenvalue weighted by molar-refractivity contribution is -0.129. The van der Waals surface area contributed by atoms with Gasteiger partial charge in [-0.3, -0.25) is 9.59 Å². The van der Waals surface area contributed by atoms with Gasteiger partial charge in [-0.1, -0.05) is 29.8 Å². The van der Waals surface area contributed by atoms with Crippen LogP contribution in [0.1, 0.15) is 33.3 Å². The zero-order chi connectivity index (χ0) is 19.1. The molecule has 0 radical (unpaired) electrons. The summed E-state index contributed by atoms with van der Waals surface area (Å²) in [4.78, 5) is 32.1. The van der Waals surface area contributed by atoms with Crippen molar-refractivity contribution in [1.82, 2.24) is 20.6 Å². The minimum Gasteiger partial charge on any atom is -0.394 e. The summed E-state index contributed by atoms with van der Waals surface area (Å²) < 4.78 is 0. The first-order valence-electron chi connectivity index (χ1n) is 8.13. The van der Waals surface area contributed by atoms with Gasteiger partial charge in [-0.15, -0.1) is 0 Å². The molecule has 8 nitrogen and oxygen atoms in total. The van der Waals surface area contributed by atoms with Gasteiger partial charge < -0.3 is 20.8 Å². The molecule has 2 rings (SSSR count). The summed E-state index contributed by atoms with van der Waals surface area (Å²) in [5, 5.41) is 24.7. The monoisotopic (exact) mass is 358 g/mol. The van der Waals surface area contributed by atoms with Gasteiger partial charge in [0.1, 0.15) is 6.33 Å². The van der Waals surface area contributed by atoms with Crippen LogP contribution in [0.5, 0.6) is 0 Å². The van der Waals surface area contributed by atoms with E-state index in [1.54, 1.807) is 25.1 Å². The molecule has 0 spiro atoms. The quantitative estimate of drug-likeness (QED) is 0.554. The number of aliphatic hydroxyl groups is 2. The summed E-state index contributed by atoms with van der Waals surface area (Å²) in [5.74, 6) is -1.06. The number of nitrogens with zero attached hydrogens (tertiary/aromatic N) is 2. The summed E-state index contributed by atoms with van der Waals surface area (Å²) in [6, 6.07) is 6.27. The third-order valence-electron chi connectivity index (χ3n) is 3.84. The Morgan fingerprint density at radius 3 is 2.69 bits per heavy atom. The molecular formula is C18H22N4O4. The molecule has 1 heterocycles. The van der Waals surface area contributed by atoms with Crippen molar-refractivity contribution in [2.24, 2.45) is 0 Å². The predicted molar refractivity (Wildman–Crippen MR) is 94.3 cm³/mol. The van der Waals surface area contributed by atoms with Gasteiger partial charge in [0.15, 0.2) is 6.10 Å². The highest BCUT2D eigenvalue weighted by Crippen LogP contribution is 2.14. The van der Waals surface area contributed by atoms with Gasteiger partial charge in [-0.05, 0) is 19.4 Å². The third-order valence-corrected chi connectivity index (χ3v) is 3.84. The second kappa shape index (κ2) is 9.02. The van der Waals surface area contributed by atoms with E-state index in [2.05, 4.69) is 20.6 Å². The average Bonchev–Trinajstić information content (AvgIpc) is 2.64. The number of aryl methyl sites for hydroxylation is 2. The zero-order valence-corrected chi connectivity index (χ0v) is 14.6. The van der Waals surface area contributed by atoms with Crippen LogP contribution in [-0.2, 0) is 4.79 Å². The number of hydrogen-bond acceptors (Lipinski definition) is 6. The molecule has 26 heavy (non-hydrogen) atoms. The number of rotatable bonds is 7. The lowest BCUT2D eigenvalue weighted by Crippen LogP contribution is -2.46.